The molecule has 0 unspecified atom stereocenters. The lowest BCUT2D eigenvalue weighted by Crippen LogP contribution is -2.15. The highest BCUT2D eigenvalue weighted by Crippen LogP contribution is 2.17. The van der Waals surface area contributed by atoms with E-state index in [0.29, 0.717) is 23.1 Å². The first-order chi connectivity index (χ1) is 10.6. The summed E-state index contributed by atoms with van der Waals surface area (Å²) in [5.41, 5.74) is 1.86. The summed E-state index contributed by atoms with van der Waals surface area (Å²) in [6.07, 6.45) is 0. The molecular weight excluding hydrogens is 298 g/mol. The van der Waals surface area contributed by atoms with Gasteiger partial charge in [-0.1, -0.05) is 18.7 Å². The molecule has 1 aromatic carbocycles. The van der Waals surface area contributed by atoms with E-state index in [-0.39, 0.29) is 5.91 Å². The van der Waals surface area contributed by atoms with Gasteiger partial charge in [0, 0.05) is 11.4 Å². The maximum atomic E-state index is 12.3. The molecular formula is C16H19N3O2S. The van der Waals surface area contributed by atoms with Crippen molar-refractivity contribution in [1.29, 1.82) is 0 Å². The predicted octanol–water partition coefficient (Wildman–Crippen LogP) is 3.55. The zero-order valence-corrected chi connectivity index (χ0v) is 13.7. The number of rotatable bonds is 6. The van der Waals surface area contributed by atoms with Crippen molar-refractivity contribution in [3.05, 3.63) is 41.7 Å². The Labute approximate surface area is 134 Å². The van der Waals surface area contributed by atoms with Gasteiger partial charge in [-0.3, -0.25) is 4.79 Å². The molecule has 5 nitrogen and oxygen atoms in total. The van der Waals surface area contributed by atoms with Crippen molar-refractivity contribution in [2.45, 2.75) is 25.9 Å². The first-order valence-corrected chi connectivity index (χ1v) is 8.13. The Balaban J connectivity index is 2.11. The zero-order chi connectivity index (χ0) is 15.9. The molecule has 1 N–H and O–H groups in total. The van der Waals surface area contributed by atoms with Crippen LogP contribution in [-0.2, 0) is 0 Å². The number of nitrogens with one attached hydrogen (secondary N) is 1. The zero-order valence-electron chi connectivity index (χ0n) is 12.9. The molecule has 0 radical (unpaired) electrons. The van der Waals surface area contributed by atoms with Gasteiger partial charge in [0.1, 0.15) is 11.4 Å². The van der Waals surface area contributed by atoms with Crippen LogP contribution in [0.3, 0.4) is 0 Å². The van der Waals surface area contributed by atoms with E-state index in [9.17, 15) is 4.79 Å². The second kappa shape index (κ2) is 7.79. The highest BCUT2D eigenvalue weighted by Gasteiger charge is 2.11. The van der Waals surface area contributed by atoms with Gasteiger partial charge in [-0.15, -0.1) is 0 Å². The fourth-order valence-electron chi connectivity index (χ4n) is 1.85. The number of ether oxygens (including phenoxy) is 1. The summed E-state index contributed by atoms with van der Waals surface area (Å²) in [6, 6.07) is 8.94. The van der Waals surface area contributed by atoms with Crippen LogP contribution in [-0.4, -0.2) is 28.2 Å². The molecule has 2 aromatic rings. The summed E-state index contributed by atoms with van der Waals surface area (Å²) in [5, 5.41) is 3.45. The van der Waals surface area contributed by atoms with Crippen molar-refractivity contribution >= 4 is 23.4 Å². The van der Waals surface area contributed by atoms with Gasteiger partial charge in [0.25, 0.3) is 5.91 Å². The van der Waals surface area contributed by atoms with Crippen LogP contribution in [0.15, 0.2) is 35.5 Å². The summed E-state index contributed by atoms with van der Waals surface area (Å²) < 4.78 is 5.37. The van der Waals surface area contributed by atoms with Crippen LogP contribution in [0.4, 0.5) is 5.69 Å². The summed E-state index contributed by atoms with van der Waals surface area (Å²) in [6.45, 7) is 6.42. The van der Waals surface area contributed by atoms with Gasteiger partial charge in [-0.2, -0.15) is 0 Å². The molecule has 2 rings (SSSR count). The number of amides is 1. The molecule has 0 saturated carbocycles. The van der Waals surface area contributed by atoms with Crippen molar-refractivity contribution < 1.29 is 9.53 Å². The van der Waals surface area contributed by atoms with E-state index in [1.54, 1.807) is 18.2 Å². The molecule has 0 spiro atoms. The average Bonchev–Trinajstić information content (AvgIpc) is 2.49. The monoisotopic (exact) mass is 317 g/mol. The van der Waals surface area contributed by atoms with Crippen molar-refractivity contribution in [2.75, 3.05) is 17.7 Å². The van der Waals surface area contributed by atoms with Gasteiger partial charge in [-0.05, 0) is 49.9 Å². The van der Waals surface area contributed by atoms with Crippen LogP contribution in [0.25, 0.3) is 0 Å². The lowest BCUT2D eigenvalue weighted by atomic mass is 10.2. The van der Waals surface area contributed by atoms with Crippen LogP contribution < -0.4 is 10.1 Å². The van der Waals surface area contributed by atoms with E-state index in [2.05, 4.69) is 15.3 Å². The quantitative estimate of drug-likeness (QED) is 0.652. The number of anilines is 1. The number of carbonyl (C=O) groups is 1. The highest BCUT2D eigenvalue weighted by atomic mass is 32.2. The van der Waals surface area contributed by atoms with E-state index in [1.165, 1.54) is 11.8 Å². The molecule has 1 heterocycles. The largest absolute Gasteiger partial charge is 0.494 e. The number of aryl methyl sites for hydroxylation is 1. The predicted molar refractivity (Wildman–Crippen MR) is 88.7 cm³/mol. The van der Waals surface area contributed by atoms with Crippen LogP contribution in [0.1, 0.15) is 30.0 Å². The number of thioether (sulfide) groups is 1. The van der Waals surface area contributed by atoms with Gasteiger partial charge >= 0.3 is 0 Å². The molecule has 0 aliphatic carbocycles. The Morgan fingerprint density at radius 1 is 1.23 bits per heavy atom. The molecule has 22 heavy (non-hydrogen) atoms. The lowest BCUT2D eigenvalue weighted by molar-refractivity contribution is 0.102. The second-order valence-electron chi connectivity index (χ2n) is 4.52. The van der Waals surface area contributed by atoms with Gasteiger partial charge in [0.05, 0.1) is 6.61 Å². The van der Waals surface area contributed by atoms with E-state index in [0.717, 1.165) is 17.2 Å². The Kier molecular flexibility index (Phi) is 5.77. The highest BCUT2D eigenvalue weighted by molar-refractivity contribution is 7.99. The molecule has 6 heteroatoms. The minimum atomic E-state index is -0.243. The van der Waals surface area contributed by atoms with Gasteiger partial charge in [0.15, 0.2) is 5.16 Å². The minimum absolute atomic E-state index is 0.243. The van der Waals surface area contributed by atoms with E-state index >= 15 is 0 Å². The maximum Gasteiger partial charge on any atom is 0.274 e. The number of hydrogen-bond acceptors (Lipinski definition) is 5. The third-order valence-corrected chi connectivity index (χ3v) is 3.49. The molecule has 0 atom stereocenters. The molecule has 1 aromatic heterocycles. The number of hydrogen-bond donors (Lipinski definition) is 1. The number of carbonyl (C=O) groups excluding carboxylic acids is 1. The van der Waals surface area contributed by atoms with Crippen LogP contribution in [0.5, 0.6) is 5.75 Å². The third-order valence-electron chi connectivity index (χ3n) is 2.76. The minimum Gasteiger partial charge on any atom is -0.494 e. The van der Waals surface area contributed by atoms with Crippen LogP contribution in [0.2, 0.25) is 0 Å². The van der Waals surface area contributed by atoms with Crippen molar-refractivity contribution in [2.24, 2.45) is 0 Å². The first kappa shape index (κ1) is 16.3. The van der Waals surface area contributed by atoms with Crippen LogP contribution >= 0.6 is 11.8 Å². The Hall–Kier alpha value is -2.08. The standard InChI is InChI=1S/C16H19N3O2S/c1-4-21-13-8-6-12(7-9-13)18-15(20)14-10-11(3)17-16(19-14)22-5-2/h6-10H,4-5H2,1-3H3,(H,18,20). The SMILES string of the molecule is CCOc1ccc(NC(=O)c2cc(C)nc(SCC)n2)cc1. The normalized spacial score (nSPS) is 10.3. The van der Waals surface area contributed by atoms with Crippen molar-refractivity contribution in [3.63, 3.8) is 0 Å². The summed E-state index contributed by atoms with van der Waals surface area (Å²) in [5.74, 6) is 1.40. The molecule has 0 aliphatic rings. The summed E-state index contributed by atoms with van der Waals surface area (Å²) >= 11 is 1.52. The Bertz CT molecular complexity index is 644. The van der Waals surface area contributed by atoms with Gasteiger partial charge < -0.3 is 10.1 Å². The summed E-state index contributed by atoms with van der Waals surface area (Å²) in [7, 11) is 0. The third kappa shape index (κ3) is 4.46. The number of benzene rings is 1. The first-order valence-electron chi connectivity index (χ1n) is 7.15. The van der Waals surface area contributed by atoms with E-state index in [1.807, 2.05) is 32.9 Å². The van der Waals surface area contributed by atoms with Gasteiger partial charge in [-0.25, -0.2) is 9.97 Å². The van der Waals surface area contributed by atoms with E-state index < -0.39 is 0 Å². The smallest absolute Gasteiger partial charge is 0.274 e. The van der Waals surface area contributed by atoms with Crippen LogP contribution in [0, 0.1) is 6.92 Å². The van der Waals surface area contributed by atoms with E-state index in [4.69, 9.17) is 4.74 Å². The molecule has 116 valence electrons. The second-order valence-corrected chi connectivity index (χ2v) is 5.75. The molecule has 0 bridgehead atoms. The molecule has 0 aliphatic heterocycles. The van der Waals surface area contributed by atoms with Crippen molar-refractivity contribution in [1.82, 2.24) is 9.97 Å². The maximum absolute atomic E-state index is 12.3. The molecule has 0 saturated heterocycles. The topological polar surface area (TPSA) is 64.1 Å². The molecule has 0 fully saturated rings. The van der Waals surface area contributed by atoms with Gasteiger partial charge in [0.2, 0.25) is 0 Å². The fourth-order valence-corrected chi connectivity index (χ4v) is 2.48. The van der Waals surface area contributed by atoms with Crippen molar-refractivity contribution in [3.8, 4) is 5.75 Å². The molecule has 1 amide bonds. The Morgan fingerprint density at radius 2 is 1.95 bits per heavy atom. The summed E-state index contributed by atoms with van der Waals surface area (Å²) in [4.78, 5) is 20.9. The Morgan fingerprint density at radius 3 is 2.59 bits per heavy atom. The fraction of sp³-hybridized carbons (Fsp3) is 0.312. The number of nitrogens with zero attached hydrogens (tertiary/aromatic N) is 2. The lowest BCUT2D eigenvalue weighted by Gasteiger charge is -2.08. The number of aromatic nitrogens is 2. The average molecular weight is 317 g/mol.